The summed E-state index contributed by atoms with van der Waals surface area (Å²) in [7, 11) is 0. The molecule has 0 radical (unpaired) electrons. The summed E-state index contributed by atoms with van der Waals surface area (Å²) in [6.45, 7) is 3.25. The molecule has 0 heterocycles. The molecule has 0 bridgehead atoms. The average molecular weight is 115 g/mol. The van der Waals surface area contributed by atoms with Crippen LogP contribution in [-0.4, -0.2) is 12.4 Å². The summed E-state index contributed by atoms with van der Waals surface area (Å²) in [4.78, 5) is 12.1. The van der Waals surface area contributed by atoms with Crippen molar-refractivity contribution in [2.45, 2.75) is 12.7 Å². The third kappa shape index (κ3) is 3.25. The second kappa shape index (κ2) is 4.22. The standard InChI is InChI=1S/C5H6FNO/c1-2-3-5(6)7-4-8/h2,5H,1,3H2. The number of aliphatic imine (C=N–C) groups is 1. The SMILES string of the molecule is C=CCC(F)N=C=O. The van der Waals surface area contributed by atoms with Crippen LogP contribution < -0.4 is 0 Å². The number of nitrogens with zero attached hydrogens (tertiary/aromatic N) is 1. The zero-order chi connectivity index (χ0) is 6.41. The molecule has 8 heavy (non-hydrogen) atoms. The molecule has 0 aliphatic carbocycles. The Kier molecular flexibility index (Phi) is 3.71. The van der Waals surface area contributed by atoms with Gasteiger partial charge in [-0.25, -0.2) is 9.18 Å². The Hall–Kier alpha value is -0.950. The number of alkyl halides is 1. The zero-order valence-corrected chi connectivity index (χ0v) is 4.30. The van der Waals surface area contributed by atoms with E-state index in [4.69, 9.17) is 0 Å². The van der Waals surface area contributed by atoms with Crippen molar-refractivity contribution in [3.05, 3.63) is 12.7 Å². The van der Waals surface area contributed by atoms with E-state index in [0.717, 1.165) is 6.08 Å². The average Bonchev–Trinajstić information content (AvgIpc) is 1.68. The number of rotatable bonds is 3. The van der Waals surface area contributed by atoms with Gasteiger partial charge in [-0.1, -0.05) is 6.08 Å². The van der Waals surface area contributed by atoms with Gasteiger partial charge in [-0.2, -0.15) is 4.99 Å². The summed E-state index contributed by atoms with van der Waals surface area (Å²) >= 11 is 0. The molecule has 0 spiro atoms. The Bertz CT molecular complexity index is 118. The first kappa shape index (κ1) is 7.05. The van der Waals surface area contributed by atoms with Crippen LogP contribution in [0.2, 0.25) is 0 Å². The van der Waals surface area contributed by atoms with Gasteiger partial charge in [0.15, 0.2) is 0 Å². The molecule has 0 aromatic heterocycles. The maximum Gasteiger partial charge on any atom is 0.237 e. The van der Waals surface area contributed by atoms with Gasteiger partial charge in [-0.15, -0.1) is 6.58 Å². The van der Waals surface area contributed by atoms with Gasteiger partial charge in [-0.3, -0.25) is 0 Å². The number of hydrogen-bond acceptors (Lipinski definition) is 2. The number of carbonyl (C=O) groups excluding carboxylic acids is 1. The molecule has 2 nitrogen and oxygen atoms in total. The Morgan fingerprint density at radius 2 is 2.62 bits per heavy atom. The highest BCUT2D eigenvalue weighted by molar-refractivity contribution is 5.33. The molecule has 1 unspecified atom stereocenters. The van der Waals surface area contributed by atoms with Gasteiger partial charge in [0.2, 0.25) is 12.4 Å². The van der Waals surface area contributed by atoms with Crippen molar-refractivity contribution in [3.8, 4) is 0 Å². The van der Waals surface area contributed by atoms with E-state index in [2.05, 4.69) is 11.6 Å². The molecule has 0 fully saturated rings. The molecule has 0 N–H and O–H groups in total. The molecule has 0 aromatic carbocycles. The van der Waals surface area contributed by atoms with Gasteiger partial charge in [-0.05, 0) is 0 Å². The van der Waals surface area contributed by atoms with Gasteiger partial charge in [0.05, 0.1) is 0 Å². The minimum Gasteiger partial charge on any atom is -0.221 e. The lowest BCUT2D eigenvalue weighted by Gasteiger charge is -1.89. The van der Waals surface area contributed by atoms with Crippen LogP contribution in [0.3, 0.4) is 0 Å². The van der Waals surface area contributed by atoms with Crippen molar-refractivity contribution in [1.29, 1.82) is 0 Å². The molecule has 0 aliphatic heterocycles. The van der Waals surface area contributed by atoms with Gasteiger partial charge in [0.1, 0.15) is 0 Å². The second-order valence-corrected chi connectivity index (χ2v) is 1.18. The summed E-state index contributed by atoms with van der Waals surface area (Å²) in [5.41, 5.74) is 0. The Balaban J connectivity index is 3.46. The van der Waals surface area contributed by atoms with Gasteiger partial charge in [0, 0.05) is 6.42 Å². The van der Waals surface area contributed by atoms with E-state index in [-0.39, 0.29) is 6.42 Å². The summed E-state index contributed by atoms with van der Waals surface area (Å²) in [5.74, 6) is 0. The molecule has 0 rings (SSSR count). The van der Waals surface area contributed by atoms with Crippen molar-refractivity contribution >= 4 is 6.08 Å². The maximum atomic E-state index is 11.9. The van der Waals surface area contributed by atoms with Crippen molar-refractivity contribution in [3.63, 3.8) is 0 Å². The third-order valence-corrected chi connectivity index (χ3v) is 0.554. The van der Waals surface area contributed by atoms with Gasteiger partial charge >= 0.3 is 0 Å². The van der Waals surface area contributed by atoms with Crippen LogP contribution in [0.1, 0.15) is 6.42 Å². The fourth-order valence-corrected chi connectivity index (χ4v) is 0.247. The van der Waals surface area contributed by atoms with Crippen molar-refractivity contribution < 1.29 is 9.18 Å². The largest absolute Gasteiger partial charge is 0.237 e. The highest BCUT2D eigenvalue weighted by Crippen LogP contribution is 1.96. The zero-order valence-electron chi connectivity index (χ0n) is 4.30. The molecular formula is C5H6FNO. The molecule has 0 saturated heterocycles. The van der Waals surface area contributed by atoms with Crippen LogP contribution in [-0.2, 0) is 4.79 Å². The predicted molar refractivity (Wildman–Crippen MR) is 27.8 cm³/mol. The van der Waals surface area contributed by atoms with Crippen LogP contribution in [0.15, 0.2) is 17.6 Å². The van der Waals surface area contributed by atoms with E-state index in [1.807, 2.05) is 0 Å². The van der Waals surface area contributed by atoms with E-state index < -0.39 is 6.30 Å². The fourth-order valence-electron chi connectivity index (χ4n) is 0.247. The van der Waals surface area contributed by atoms with E-state index >= 15 is 0 Å². The van der Waals surface area contributed by atoms with E-state index in [1.54, 1.807) is 0 Å². The fraction of sp³-hybridized carbons (Fsp3) is 0.400. The van der Waals surface area contributed by atoms with Crippen LogP contribution in [0.25, 0.3) is 0 Å². The summed E-state index contributed by atoms with van der Waals surface area (Å²) < 4.78 is 11.9. The smallest absolute Gasteiger partial charge is 0.221 e. The molecule has 3 heteroatoms. The van der Waals surface area contributed by atoms with Gasteiger partial charge in [0.25, 0.3) is 0 Å². The molecule has 44 valence electrons. The highest BCUT2D eigenvalue weighted by atomic mass is 19.1. The second-order valence-electron chi connectivity index (χ2n) is 1.18. The Morgan fingerprint density at radius 3 is 3.00 bits per heavy atom. The Morgan fingerprint density at radius 1 is 2.00 bits per heavy atom. The number of isocyanates is 1. The van der Waals surface area contributed by atoms with Crippen molar-refractivity contribution in [2.24, 2.45) is 4.99 Å². The molecule has 0 saturated carbocycles. The molecule has 1 atom stereocenters. The lowest BCUT2D eigenvalue weighted by Crippen LogP contribution is -1.89. The topological polar surface area (TPSA) is 29.4 Å². The molecule has 0 aliphatic rings. The van der Waals surface area contributed by atoms with Crippen LogP contribution in [0.4, 0.5) is 4.39 Å². The number of hydrogen-bond donors (Lipinski definition) is 0. The Labute approximate surface area is 46.7 Å². The normalized spacial score (nSPS) is 11.6. The summed E-state index contributed by atoms with van der Waals surface area (Å²) in [6.07, 6.45) is 1.08. The summed E-state index contributed by atoms with van der Waals surface area (Å²) in [5, 5.41) is 0. The molecular weight excluding hydrogens is 109 g/mol. The highest BCUT2D eigenvalue weighted by Gasteiger charge is 1.95. The minimum absolute atomic E-state index is 0.0786. The van der Waals surface area contributed by atoms with E-state index in [1.165, 1.54) is 6.08 Å². The third-order valence-electron chi connectivity index (χ3n) is 0.554. The monoisotopic (exact) mass is 115 g/mol. The van der Waals surface area contributed by atoms with E-state index in [9.17, 15) is 9.18 Å². The maximum absolute atomic E-state index is 11.9. The number of halogens is 1. The first-order valence-corrected chi connectivity index (χ1v) is 2.13. The van der Waals surface area contributed by atoms with Crippen molar-refractivity contribution in [1.82, 2.24) is 0 Å². The lowest BCUT2D eigenvalue weighted by molar-refractivity contribution is 0.349. The lowest BCUT2D eigenvalue weighted by atomic mass is 10.4. The predicted octanol–water partition coefficient (Wildman–Crippen LogP) is 1.19. The minimum atomic E-state index is -1.45. The first-order valence-electron chi connectivity index (χ1n) is 2.13. The molecule has 0 aromatic rings. The van der Waals surface area contributed by atoms with Crippen LogP contribution >= 0.6 is 0 Å². The van der Waals surface area contributed by atoms with Crippen LogP contribution in [0.5, 0.6) is 0 Å². The first-order chi connectivity index (χ1) is 3.81. The molecule has 0 amide bonds. The van der Waals surface area contributed by atoms with Gasteiger partial charge < -0.3 is 0 Å². The van der Waals surface area contributed by atoms with Crippen molar-refractivity contribution in [2.75, 3.05) is 0 Å². The van der Waals surface area contributed by atoms with Crippen LogP contribution in [0, 0.1) is 0 Å². The van der Waals surface area contributed by atoms with E-state index in [0.29, 0.717) is 0 Å². The quantitative estimate of drug-likeness (QED) is 0.235. The summed E-state index contributed by atoms with van der Waals surface area (Å²) in [6, 6.07) is 0.